The summed E-state index contributed by atoms with van der Waals surface area (Å²) in [7, 11) is 0. The Hall–Kier alpha value is -0.540. The first-order chi connectivity index (χ1) is 6.31. The van der Waals surface area contributed by atoms with Crippen molar-refractivity contribution < 1.29 is 9.84 Å². The van der Waals surface area contributed by atoms with Crippen LogP contribution in [0, 0.1) is 0 Å². The molecular weight excluding hydrogens is 166 g/mol. The Morgan fingerprint density at radius 3 is 3.00 bits per heavy atom. The molecule has 74 valence electrons. The summed E-state index contributed by atoms with van der Waals surface area (Å²) in [4.78, 5) is 0. The summed E-state index contributed by atoms with van der Waals surface area (Å²) in [6.07, 6.45) is 5.70. The van der Waals surface area contributed by atoms with Crippen LogP contribution in [0.4, 0.5) is 0 Å². The molecule has 1 saturated heterocycles. The van der Waals surface area contributed by atoms with E-state index >= 15 is 0 Å². The summed E-state index contributed by atoms with van der Waals surface area (Å²) in [6.45, 7) is 2.51. The van der Waals surface area contributed by atoms with Crippen LogP contribution in [0.3, 0.4) is 0 Å². The Bertz CT molecular complexity index is 207. The summed E-state index contributed by atoms with van der Waals surface area (Å²) in [6, 6.07) is 0. The Morgan fingerprint density at radius 2 is 2.38 bits per heavy atom. The normalized spacial score (nSPS) is 35.0. The molecule has 1 unspecified atom stereocenters. The maximum Gasteiger partial charge on any atom is 0.101 e. The highest BCUT2D eigenvalue weighted by Crippen LogP contribution is 2.29. The summed E-state index contributed by atoms with van der Waals surface area (Å²) in [5, 5.41) is 13.5. The smallest absolute Gasteiger partial charge is 0.101 e. The minimum Gasteiger partial charge on any atom is -0.501 e. The predicted octanol–water partition coefficient (Wildman–Crippen LogP) is 0.795. The zero-order valence-corrected chi connectivity index (χ0v) is 7.88. The lowest BCUT2D eigenvalue weighted by Gasteiger charge is -2.35. The highest BCUT2D eigenvalue weighted by atomic mass is 16.5. The van der Waals surface area contributed by atoms with Crippen LogP contribution >= 0.6 is 0 Å². The van der Waals surface area contributed by atoms with Gasteiger partial charge in [-0.1, -0.05) is 0 Å². The van der Waals surface area contributed by atoms with Crippen LogP contribution in [-0.4, -0.2) is 30.4 Å². The van der Waals surface area contributed by atoms with Crippen molar-refractivity contribution >= 4 is 0 Å². The fourth-order valence-corrected chi connectivity index (χ4v) is 2.07. The third-order valence-corrected chi connectivity index (χ3v) is 2.89. The van der Waals surface area contributed by atoms with Gasteiger partial charge in [-0.2, -0.15) is 0 Å². The number of nitrogens with one attached hydrogen (secondary N) is 1. The summed E-state index contributed by atoms with van der Waals surface area (Å²) >= 11 is 0. The van der Waals surface area contributed by atoms with Crippen LogP contribution in [0.25, 0.3) is 0 Å². The van der Waals surface area contributed by atoms with E-state index in [2.05, 4.69) is 5.32 Å². The van der Waals surface area contributed by atoms with E-state index in [9.17, 15) is 5.11 Å². The van der Waals surface area contributed by atoms with Crippen molar-refractivity contribution in [3.8, 4) is 0 Å². The molecule has 2 N–H and O–H groups in total. The quantitative estimate of drug-likeness (QED) is 0.631. The molecular formula is C10H17NO2. The van der Waals surface area contributed by atoms with Crippen LogP contribution < -0.4 is 5.32 Å². The Labute approximate surface area is 78.8 Å². The van der Waals surface area contributed by atoms with Crippen molar-refractivity contribution in [2.24, 2.45) is 0 Å². The van der Waals surface area contributed by atoms with Crippen molar-refractivity contribution in [3.05, 3.63) is 11.8 Å². The number of β-amino-alcohol motifs (C(OH)–C–C–N with tert-alkyl or cyclic N) is 1. The van der Waals surface area contributed by atoms with Gasteiger partial charge in [0.05, 0.1) is 12.9 Å². The van der Waals surface area contributed by atoms with E-state index in [-0.39, 0.29) is 0 Å². The van der Waals surface area contributed by atoms with Crippen molar-refractivity contribution in [3.63, 3.8) is 0 Å². The lowest BCUT2D eigenvalue weighted by atomic mass is 9.84. The third-order valence-electron chi connectivity index (χ3n) is 2.89. The molecule has 0 aliphatic carbocycles. The minimum absolute atomic E-state index is 0.626. The molecule has 13 heavy (non-hydrogen) atoms. The van der Waals surface area contributed by atoms with E-state index in [1.807, 2.05) is 0 Å². The second kappa shape index (κ2) is 3.68. The van der Waals surface area contributed by atoms with E-state index in [1.54, 1.807) is 6.26 Å². The third kappa shape index (κ3) is 1.86. The zero-order chi connectivity index (χ0) is 9.15. The van der Waals surface area contributed by atoms with Crippen LogP contribution in [0.1, 0.15) is 25.7 Å². The molecule has 0 aromatic rings. The molecule has 0 bridgehead atoms. The average Bonchev–Trinajstić information content (AvgIpc) is 2.20. The van der Waals surface area contributed by atoms with Crippen LogP contribution in [0.5, 0.6) is 0 Å². The molecule has 0 saturated carbocycles. The predicted molar refractivity (Wildman–Crippen MR) is 50.3 cm³/mol. The van der Waals surface area contributed by atoms with Crippen molar-refractivity contribution in [1.82, 2.24) is 5.32 Å². The highest BCUT2D eigenvalue weighted by Gasteiger charge is 2.33. The van der Waals surface area contributed by atoms with Gasteiger partial charge in [0.1, 0.15) is 5.60 Å². The molecule has 0 aromatic heterocycles. The number of ether oxygens (including phenoxy) is 1. The van der Waals surface area contributed by atoms with Gasteiger partial charge in [0.15, 0.2) is 0 Å². The summed E-state index contributed by atoms with van der Waals surface area (Å²) < 4.78 is 5.25. The first-order valence-electron chi connectivity index (χ1n) is 5.05. The molecule has 0 radical (unpaired) electrons. The molecule has 0 amide bonds. The maximum atomic E-state index is 10.3. The SMILES string of the molecule is OC1(C2=COCCC2)CCCNC1. The monoisotopic (exact) mass is 183 g/mol. The van der Waals surface area contributed by atoms with E-state index in [4.69, 9.17) is 4.74 Å². The molecule has 3 nitrogen and oxygen atoms in total. The number of piperidine rings is 1. The Kier molecular flexibility index (Phi) is 2.56. The molecule has 3 heteroatoms. The molecule has 0 spiro atoms. The fraction of sp³-hybridized carbons (Fsp3) is 0.800. The largest absolute Gasteiger partial charge is 0.501 e. The van der Waals surface area contributed by atoms with Crippen LogP contribution in [0.2, 0.25) is 0 Å². The molecule has 2 aliphatic heterocycles. The van der Waals surface area contributed by atoms with E-state index in [0.29, 0.717) is 6.54 Å². The van der Waals surface area contributed by atoms with Crippen molar-refractivity contribution in [1.29, 1.82) is 0 Å². The van der Waals surface area contributed by atoms with E-state index < -0.39 is 5.60 Å². The molecule has 1 atom stereocenters. The van der Waals surface area contributed by atoms with Gasteiger partial charge in [-0.05, 0) is 37.8 Å². The number of hydrogen-bond donors (Lipinski definition) is 2. The van der Waals surface area contributed by atoms with Gasteiger partial charge in [-0.25, -0.2) is 0 Å². The lowest BCUT2D eigenvalue weighted by Crippen LogP contribution is -2.47. The Balaban J connectivity index is 2.07. The van der Waals surface area contributed by atoms with Gasteiger partial charge >= 0.3 is 0 Å². The van der Waals surface area contributed by atoms with Gasteiger partial charge in [-0.15, -0.1) is 0 Å². The molecule has 1 fully saturated rings. The second-order valence-electron chi connectivity index (χ2n) is 3.93. The maximum absolute atomic E-state index is 10.3. The van der Waals surface area contributed by atoms with Gasteiger partial charge in [0, 0.05) is 6.54 Å². The lowest BCUT2D eigenvalue weighted by molar-refractivity contribution is 0.0390. The van der Waals surface area contributed by atoms with Crippen molar-refractivity contribution in [2.75, 3.05) is 19.7 Å². The molecule has 2 rings (SSSR count). The van der Waals surface area contributed by atoms with Gasteiger partial charge < -0.3 is 15.2 Å². The standard InChI is InChI=1S/C10H17NO2/c12-10(4-2-5-11-8-10)9-3-1-6-13-7-9/h7,11-12H,1-6,8H2. The van der Waals surface area contributed by atoms with Gasteiger partial charge in [0.25, 0.3) is 0 Å². The highest BCUT2D eigenvalue weighted by molar-refractivity contribution is 5.17. The first kappa shape index (κ1) is 9.03. The molecule has 2 aliphatic rings. The summed E-state index contributed by atoms with van der Waals surface area (Å²) in [5.41, 5.74) is 0.449. The van der Waals surface area contributed by atoms with Crippen molar-refractivity contribution in [2.45, 2.75) is 31.3 Å². The van der Waals surface area contributed by atoms with Crippen LogP contribution in [-0.2, 0) is 4.74 Å². The fourth-order valence-electron chi connectivity index (χ4n) is 2.07. The zero-order valence-electron chi connectivity index (χ0n) is 7.88. The van der Waals surface area contributed by atoms with Gasteiger partial charge in [-0.3, -0.25) is 0 Å². The second-order valence-corrected chi connectivity index (χ2v) is 3.93. The topological polar surface area (TPSA) is 41.5 Å². The average molecular weight is 183 g/mol. The van der Waals surface area contributed by atoms with Gasteiger partial charge in [0.2, 0.25) is 0 Å². The number of hydrogen-bond acceptors (Lipinski definition) is 3. The number of rotatable bonds is 1. The molecule has 2 heterocycles. The van der Waals surface area contributed by atoms with Crippen LogP contribution in [0.15, 0.2) is 11.8 Å². The van der Waals surface area contributed by atoms with E-state index in [0.717, 1.165) is 44.4 Å². The van der Waals surface area contributed by atoms with E-state index in [1.165, 1.54) is 0 Å². The summed E-state index contributed by atoms with van der Waals surface area (Å²) in [5.74, 6) is 0. The Morgan fingerprint density at radius 1 is 1.46 bits per heavy atom. The minimum atomic E-state index is -0.626. The first-order valence-corrected chi connectivity index (χ1v) is 5.05. The number of aliphatic hydroxyl groups is 1. The molecule has 0 aromatic carbocycles.